The van der Waals surface area contributed by atoms with Crippen LogP contribution in [-0.4, -0.2) is 6.29 Å². The molecule has 20 heavy (non-hydrogen) atoms. The molecule has 0 aliphatic rings. The fourth-order valence-corrected chi connectivity index (χ4v) is 2.00. The summed E-state index contributed by atoms with van der Waals surface area (Å²) in [6.45, 7) is 2.20. The molecule has 0 atom stereocenters. The standard InChI is InChI=1S/C18H22O2/c1-2-3-6-15-18(19-16-11-7-4-8-12-16)20-17-13-9-5-10-14-17/h4-5,7-14,18H,2-3,6,15H2,1H3. The van der Waals surface area contributed by atoms with E-state index in [4.69, 9.17) is 9.47 Å². The molecule has 0 unspecified atom stereocenters. The van der Waals surface area contributed by atoms with Gasteiger partial charge in [0, 0.05) is 6.42 Å². The van der Waals surface area contributed by atoms with Crippen LogP contribution in [0.2, 0.25) is 0 Å². The van der Waals surface area contributed by atoms with E-state index in [9.17, 15) is 0 Å². The van der Waals surface area contributed by atoms with E-state index in [1.54, 1.807) is 0 Å². The van der Waals surface area contributed by atoms with Gasteiger partial charge in [0.15, 0.2) is 0 Å². The summed E-state index contributed by atoms with van der Waals surface area (Å²) in [4.78, 5) is 0. The van der Waals surface area contributed by atoms with Gasteiger partial charge < -0.3 is 9.47 Å². The Morgan fingerprint density at radius 1 is 0.750 bits per heavy atom. The number of benzene rings is 2. The first-order valence-electron chi connectivity index (χ1n) is 7.32. The third-order valence-electron chi connectivity index (χ3n) is 3.06. The molecule has 0 aromatic heterocycles. The van der Waals surface area contributed by atoms with Crippen LogP contribution in [0.15, 0.2) is 60.7 Å². The monoisotopic (exact) mass is 270 g/mol. The Balaban J connectivity index is 1.96. The Kier molecular flexibility index (Phi) is 5.97. The summed E-state index contributed by atoms with van der Waals surface area (Å²) in [5, 5.41) is 0. The zero-order chi connectivity index (χ0) is 14.0. The second kappa shape index (κ2) is 8.26. The van der Waals surface area contributed by atoms with Gasteiger partial charge in [-0.3, -0.25) is 0 Å². The molecule has 0 radical (unpaired) electrons. The average Bonchev–Trinajstić information content (AvgIpc) is 2.49. The van der Waals surface area contributed by atoms with Gasteiger partial charge in [-0.25, -0.2) is 0 Å². The zero-order valence-corrected chi connectivity index (χ0v) is 12.0. The van der Waals surface area contributed by atoms with Crippen molar-refractivity contribution in [1.82, 2.24) is 0 Å². The van der Waals surface area contributed by atoms with Crippen molar-refractivity contribution < 1.29 is 9.47 Å². The van der Waals surface area contributed by atoms with E-state index in [1.165, 1.54) is 12.8 Å². The summed E-state index contributed by atoms with van der Waals surface area (Å²) < 4.78 is 11.9. The summed E-state index contributed by atoms with van der Waals surface area (Å²) in [6, 6.07) is 19.7. The lowest BCUT2D eigenvalue weighted by Gasteiger charge is -2.20. The summed E-state index contributed by atoms with van der Waals surface area (Å²) in [6.07, 6.45) is 4.18. The maximum Gasteiger partial charge on any atom is 0.241 e. The topological polar surface area (TPSA) is 18.5 Å². The number of hydrogen-bond donors (Lipinski definition) is 0. The Morgan fingerprint density at radius 2 is 1.25 bits per heavy atom. The van der Waals surface area contributed by atoms with Crippen LogP contribution < -0.4 is 9.47 Å². The first kappa shape index (κ1) is 14.4. The minimum absolute atomic E-state index is 0.230. The number of para-hydroxylation sites is 2. The van der Waals surface area contributed by atoms with Crippen LogP contribution in [0.5, 0.6) is 11.5 Å². The van der Waals surface area contributed by atoms with Gasteiger partial charge in [0.25, 0.3) is 0 Å². The molecule has 2 aromatic rings. The highest BCUT2D eigenvalue weighted by Gasteiger charge is 2.11. The first-order chi connectivity index (χ1) is 9.88. The van der Waals surface area contributed by atoms with Gasteiger partial charge in [-0.15, -0.1) is 0 Å². The molecule has 2 nitrogen and oxygen atoms in total. The molecule has 2 rings (SSSR count). The molecular weight excluding hydrogens is 248 g/mol. The van der Waals surface area contributed by atoms with Crippen LogP contribution in [0.4, 0.5) is 0 Å². The predicted molar refractivity (Wildman–Crippen MR) is 82.1 cm³/mol. The van der Waals surface area contributed by atoms with E-state index in [0.29, 0.717) is 0 Å². The third kappa shape index (κ3) is 4.96. The lowest BCUT2D eigenvalue weighted by molar-refractivity contribution is -0.00236. The number of hydrogen-bond acceptors (Lipinski definition) is 2. The van der Waals surface area contributed by atoms with Gasteiger partial charge in [-0.2, -0.15) is 0 Å². The second-order valence-electron chi connectivity index (χ2n) is 4.79. The molecule has 0 aliphatic heterocycles. The lowest BCUT2D eigenvalue weighted by Crippen LogP contribution is -2.23. The van der Waals surface area contributed by atoms with Gasteiger partial charge in [0.2, 0.25) is 6.29 Å². The highest BCUT2D eigenvalue weighted by Crippen LogP contribution is 2.19. The quantitative estimate of drug-likeness (QED) is 0.493. The van der Waals surface area contributed by atoms with E-state index < -0.39 is 0 Å². The largest absolute Gasteiger partial charge is 0.455 e. The fraction of sp³-hybridized carbons (Fsp3) is 0.333. The summed E-state index contributed by atoms with van der Waals surface area (Å²) in [5.41, 5.74) is 0. The van der Waals surface area contributed by atoms with E-state index in [0.717, 1.165) is 24.3 Å². The van der Waals surface area contributed by atoms with Crippen molar-refractivity contribution in [2.75, 3.05) is 0 Å². The zero-order valence-electron chi connectivity index (χ0n) is 12.0. The minimum atomic E-state index is -0.230. The van der Waals surface area contributed by atoms with Crippen LogP contribution in [0.1, 0.15) is 32.6 Å². The van der Waals surface area contributed by atoms with Gasteiger partial charge in [-0.1, -0.05) is 56.2 Å². The molecule has 0 bridgehead atoms. The van der Waals surface area contributed by atoms with Gasteiger partial charge >= 0.3 is 0 Å². The molecule has 0 fully saturated rings. The van der Waals surface area contributed by atoms with Crippen molar-refractivity contribution in [2.24, 2.45) is 0 Å². The molecule has 0 N–H and O–H groups in total. The van der Waals surface area contributed by atoms with Crippen molar-refractivity contribution in [3.8, 4) is 11.5 Å². The van der Waals surface area contributed by atoms with Gasteiger partial charge in [0.1, 0.15) is 11.5 Å². The molecule has 0 aliphatic carbocycles. The van der Waals surface area contributed by atoms with Crippen LogP contribution >= 0.6 is 0 Å². The van der Waals surface area contributed by atoms with Crippen LogP contribution in [0.25, 0.3) is 0 Å². The van der Waals surface area contributed by atoms with E-state index in [-0.39, 0.29) is 6.29 Å². The molecule has 2 heteroatoms. The van der Waals surface area contributed by atoms with E-state index >= 15 is 0 Å². The minimum Gasteiger partial charge on any atom is -0.455 e. The molecule has 106 valence electrons. The second-order valence-corrected chi connectivity index (χ2v) is 4.79. The number of unbranched alkanes of at least 4 members (excludes halogenated alkanes) is 2. The normalized spacial score (nSPS) is 10.5. The van der Waals surface area contributed by atoms with E-state index in [1.807, 2.05) is 60.7 Å². The highest BCUT2D eigenvalue weighted by molar-refractivity contribution is 5.23. The first-order valence-corrected chi connectivity index (χ1v) is 7.32. The van der Waals surface area contributed by atoms with Crippen LogP contribution in [-0.2, 0) is 0 Å². The van der Waals surface area contributed by atoms with Crippen molar-refractivity contribution in [2.45, 2.75) is 38.9 Å². The van der Waals surface area contributed by atoms with Gasteiger partial charge in [0.05, 0.1) is 0 Å². The average molecular weight is 270 g/mol. The van der Waals surface area contributed by atoms with Crippen LogP contribution in [0.3, 0.4) is 0 Å². The highest BCUT2D eigenvalue weighted by atomic mass is 16.7. The molecule has 0 saturated carbocycles. The Labute approximate surface area is 121 Å². The molecule has 0 saturated heterocycles. The van der Waals surface area contributed by atoms with Crippen molar-refractivity contribution in [3.05, 3.63) is 60.7 Å². The maximum absolute atomic E-state index is 5.94. The summed E-state index contributed by atoms with van der Waals surface area (Å²) in [5.74, 6) is 1.70. The Hall–Kier alpha value is -1.96. The summed E-state index contributed by atoms with van der Waals surface area (Å²) in [7, 11) is 0. The smallest absolute Gasteiger partial charge is 0.241 e. The Morgan fingerprint density at radius 3 is 1.70 bits per heavy atom. The molecule has 0 heterocycles. The van der Waals surface area contributed by atoms with Crippen molar-refractivity contribution >= 4 is 0 Å². The maximum atomic E-state index is 5.94. The SMILES string of the molecule is CCCCCC(Oc1ccccc1)Oc1ccccc1. The third-order valence-corrected chi connectivity index (χ3v) is 3.06. The predicted octanol–water partition coefficient (Wildman–Crippen LogP) is 5.05. The van der Waals surface area contributed by atoms with Crippen molar-refractivity contribution in [1.29, 1.82) is 0 Å². The Bertz CT molecular complexity index is 426. The lowest BCUT2D eigenvalue weighted by atomic mass is 10.2. The number of rotatable bonds is 8. The molecule has 0 amide bonds. The number of ether oxygens (including phenoxy) is 2. The summed E-state index contributed by atoms with van der Waals surface area (Å²) >= 11 is 0. The van der Waals surface area contributed by atoms with E-state index in [2.05, 4.69) is 6.92 Å². The molecule has 0 spiro atoms. The van der Waals surface area contributed by atoms with Gasteiger partial charge in [-0.05, 0) is 30.7 Å². The fourth-order valence-electron chi connectivity index (χ4n) is 2.00. The van der Waals surface area contributed by atoms with Crippen molar-refractivity contribution in [3.63, 3.8) is 0 Å². The molecular formula is C18H22O2. The molecule has 2 aromatic carbocycles. The van der Waals surface area contributed by atoms with Crippen LogP contribution in [0, 0.1) is 0 Å².